The number of benzene rings is 13. The van der Waals surface area contributed by atoms with E-state index in [9.17, 15) is 0 Å². The average molecular weight is 973 g/mol. The third-order valence-corrected chi connectivity index (χ3v) is 14.3. The summed E-state index contributed by atoms with van der Waals surface area (Å²) in [6.07, 6.45) is 0. The molecule has 0 unspecified atom stereocenters. The Morgan fingerprint density at radius 1 is 0.132 bits per heavy atom. The molecule has 4 heteroatoms. The minimum absolute atomic E-state index is 1.04. The van der Waals surface area contributed by atoms with Gasteiger partial charge in [0.05, 0.1) is 0 Å². The lowest BCUT2D eigenvalue weighted by Crippen LogP contribution is -2.14. The van der Waals surface area contributed by atoms with Gasteiger partial charge in [-0.05, 0) is 195 Å². The monoisotopic (exact) mass is 972 g/mol. The van der Waals surface area contributed by atoms with Crippen molar-refractivity contribution in [3.8, 4) is 11.1 Å². The molecular formula is C72H52N4. The van der Waals surface area contributed by atoms with Gasteiger partial charge in [0.15, 0.2) is 0 Å². The summed E-state index contributed by atoms with van der Waals surface area (Å²) in [6.45, 7) is 0. The minimum atomic E-state index is 1.04. The molecule has 13 aromatic rings. The van der Waals surface area contributed by atoms with Crippen molar-refractivity contribution in [3.05, 3.63) is 315 Å². The van der Waals surface area contributed by atoms with E-state index >= 15 is 0 Å². The summed E-state index contributed by atoms with van der Waals surface area (Å²) in [5.74, 6) is 0. The van der Waals surface area contributed by atoms with Crippen LogP contribution in [0.1, 0.15) is 0 Å². The fourth-order valence-electron chi connectivity index (χ4n) is 10.6. The molecular weight excluding hydrogens is 921 g/mol. The Labute approximate surface area is 444 Å². The van der Waals surface area contributed by atoms with Crippen molar-refractivity contribution < 1.29 is 0 Å². The first-order chi connectivity index (χ1) is 37.7. The van der Waals surface area contributed by atoms with E-state index in [0.717, 1.165) is 68.2 Å². The molecule has 0 bridgehead atoms. The lowest BCUT2D eigenvalue weighted by atomic mass is 10.0. The second-order valence-corrected chi connectivity index (χ2v) is 19.1. The number of para-hydroxylation sites is 3. The number of fused-ring (bicyclic) bond motifs is 3. The molecule has 0 fully saturated rings. The maximum Gasteiger partial charge on any atom is 0.0468 e. The van der Waals surface area contributed by atoms with E-state index in [1.54, 1.807) is 0 Å². The van der Waals surface area contributed by atoms with E-state index < -0.39 is 0 Å². The Morgan fingerprint density at radius 2 is 0.342 bits per heavy atom. The molecule has 0 aliphatic rings. The Balaban J connectivity index is 0.893. The Morgan fingerprint density at radius 3 is 0.671 bits per heavy atom. The first-order valence-electron chi connectivity index (χ1n) is 25.9. The smallest absolute Gasteiger partial charge is 0.0468 e. The highest BCUT2D eigenvalue weighted by Gasteiger charge is 2.20. The zero-order valence-electron chi connectivity index (χ0n) is 41.8. The molecule has 13 rings (SSSR count). The van der Waals surface area contributed by atoms with Crippen molar-refractivity contribution in [2.75, 3.05) is 19.6 Å². The van der Waals surface area contributed by atoms with Gasteiger partial charge in [0, 0.05) is 68.2 Å². The highest BCUT2D eigenvalue weighted by molar-refractivity contribution is 5.93. The van der Waals surface area contributed by atoms with Gasteiger partial charge in [-0.3, -0.25) is 0 Å². The molecule has 0 aliphatic heterocycles. The fraction of sp³-hybridized carbons (Fsp3) is 0. The van der Waals surface area contributed by atoms with Gasteiger partial charge in [-0.1, -0.05) is 164 Å². The van der Waals surface area contributed by atoms with Crippen LogP contribution in [0.4, 0.5) is 68.2 Å². The molecule has 360 valence electrons. The highest BCUT2D eigenvalue weighted by Crippen LogP contribution is 2.44. The zero-order valence-corrected chi connectivity index (χ0v) is 41.8. The average Bonchev–Trinajstić information content (AvgIpc) is 3.50. The molecule has 76 heavy (non-hydrogen) atoms. The van der Waals surface area contributed by atoms with E-state index in [4.69, 9.17) is 0 Å². The van der Waals surface area contributed by atoms with E-state index in [1.807, 2.05) is 0 Å². The molecule has 0 atom stereocenters. The third-order valence-electron chi connectivity index (χ3n) is 14.3. The largest absolute Gasteiger partial charge is 0.311 e. The molecule has 0 aromatic heterocycles. The van der Waals surface area contributed by atoms with Crippen LogP contribution in [-0.2, 0) is 0 Å². The molecule has 0 aliphatic carbocycles. The van der Waals surface area contributed by atoms with Gasteiger partial charge in [-0.15, -0.1) is 0 Å². The number of anilines is 12. The van der Waals surface area contributed by atoms with Crippen LogP contribution in [0.3, 0.4) is 0 Å². The molecule has 0 amide bonds. The molecule has 4 nitrogen and oxygen atoms in total. The van der Waals surface area contributed by atoms with Crippen molar-refractivity contribution in [2.24, 2.45) is 0 Å². The van der Waals surface area contributed by atoms with Gasteiger partial charge in [0.2, 0.25) is 0 Å². The predicted octanol–water partition coefficient (Wildman–Crippen LogP) is 20.7. The summed E-state index contributed by atoms with van der Waals surface area (Å²) in [4.78, 5) is 9.36. The first kappa shape index (κ1) is 45.7. The summed E-state index contributed by atoms with van der Waals surface area (Å²) >= 11 is 0. The van der Waals surface area contributed by atoms with E-state index in [-0.39, 0.29) is 0 Å². The molecule has 0 saturated carbocycles. The molecule has 0 N–H and O–H groups in total. The van der Waals surface area contributed by atoms with Crippen molar-refractivity contribution in [1.29, 1.82) is 0 Å². The lowest BCUT2D eigenvalue weighted by molar-refractivity contribution is 1.24. The van der Waals surface area contributed by atoms with Crippen LogP contribution in [0, 0.1) is 0 Å². The molecule has 0 heterocycles. The van der Waals surface area contributed by atoms with E-state index in [1.165, 1.54) is 43.4 Å². The van der Waals surface area contributed by atoms with E-state index in [2.05, 4.69) is 335 Å². The van der Waals surface area contributed by atoms with Gasteiger partial charge in [-0.2, -0.15) is 0 Å². The van der Waals surface area contributed by atoms with Crippen LogP contribution >= 0.6 is 0 Å². The fourth-order valence-corrected chi connectivity index (χ4v) is 10.6. The molecule has 0 radical (unpaired) electrons. The summed E-state index contributed by atoms with van der Waals surface area (Å²) in [7, 11) is 0. The molecule has 13 aromatic carbocycles. The Bertz CT molecular complexity index is 3920. The summed E-state index contributed by atoms with van der Waals surface area (Å²) in [5, 5.41) is 7.31. The number of hydrogen-bond donors (Lipinski definition) is 0. The van der Waals surface area contributed by atoms with Crippen LogP contribution in [0.2, 0.25) is 0 Å². The number of rotatable bonds is 13. The Hall–Kier alpha value is -10.2. The quantitative estimate of drug-likeness (QED) is 0.114. The number of hydrogen-bond acceptors (Lipinski definition) is 4. The minimum Gasteiger partial charge on any atom is -0.311 e. The summed E-state index contributed by atoms with van der Waals surface area (Å²) in [5.41, 5.74) is 15.2. The summed E-state index contributed by atoms with van der Waals surface area (Å²) in [6, 6.07) is 113. The standard InChI is InChI=1S/C72H52N4/c1-4-22-61(23-5-1)73(64-34-30-56(31-35-64)60-29-28-53-16-10-13-19-57(53)50-60)65-38-40-66(41-39-65)74(67-42-46-69(47-43-67)75(62-24-6-2-7-25-62)71-36-32-54-17-11-14-20-58(54)51-71)68-44-48-70(49-45-68)76(63-26-8-3-9-27-63)72-37-33-55-18-12-15-21-59(55)52-72/h1-52H. The van der Waals surface area contributed by atoms with Gasteiger partial charge < -0.3 is 19.6 Å². The van der Waals surface area contributed by atoms with Gasteiger partial charge in [-0.25, -0.2) is 0 Å². The zero-order chi connectivity index (χ0) is 50.6. The molecule has 0 spiro atoms. The second kappa shape index (κ2) is 20.4. The maximum atomic E-state index is 2.36. The second-order valence-electron chi connectivity index (χ2n) is 19.1. The lowest BCUT2D eigenvalue weighted by Gasteiger charge is -2.30. The van der Waals surface area contributed by atoms with Crippen LogP contribution in [0.25, 0.3) is 43.4 Å². The topological polar surface area (TPSA) is 13.0 Å². The normalized spacial score (nSPS) is 11.2. The van der Waals surface area contributed by atoms with Gasteiger partial charge in [0.1, 0.15) is 0 Å². The van der Waals surface area contributed by atoms with Crippen LogP contribution < -0.4 is 19.6 Å². The SMILES string of the molecule is c1ccc(N(c2ccc(-c3ccc4ccccc4c3)cc2)c2ccc(N(c3ccc(N(c4ccccc4)c4ccc5ccccc5c4)cc3)c3ccc(N(c4ccccc4)c4ccc5ccccc5c4)cc3)cc2)cc1. The van der Waals surface area contributed by atoms with Crippen molar-refractivity contribution in [3.63, 3.8) is 0 Å². The van der Waals surface area contributed by atoms with Gasteiger partial charge >= 0.3 is 0 Å². The van der Waals surface area contributed by atoms with Crippen molar-refractivity contribution in [1.82, 2.24) is 0 Å². The third kappa shape index (κ3) is 9.17. The van der Waals surface area contributed by atoms with E-state index in [0.29, 0.717) is 0 Å². The van der Waals surface area contributed by atoms with Crippen molar-refractivity contribution >= 4 is 101 Å². The van der Waals surface area contributed by atoms with Gasteiger partial charge in [0.25, 0.3) is 0 Å². The molecule has 0 saturated heterocycles. The highest BCUT2D eigenvalue weighted by atomic mass is 15.2. The van der Waals surface area contributed by atoms with Crippen LogP contribution in [0.5, 0.6) is 0 Å². The first-order valence-corrected chi connectivity index (χ1v) is 25.9. The predicted molar refractivity (Wildman–Crippen MR) is 323 cm³/mol. The number of nitrogens with zero attached hydrogens (tertiary/aromatic N) is 4. The Kier molecular flexibility index (Phi) is 12.3. The van der Waals surface area contributed by atoms with Crippen LogP contribution in [-0.4, -0.2) is 0 Å². The van der Waals surface area contributed by atoms with Crippen molar-refractivity contribution in [2.45, 2.75) is 0 Å². The maximum absolute atomic E-state index is 2.36. The van der Waals surface area contributed by atoms with Crippen LogP contribution in [0.15, 0.2) is 315 Å². The summed E-state index contributed by atoms with van der Waals surface area (Å²) < 4.78 is 0.